The summed E-state index contributed by atoms with van der Waals surface area (Å²) in [7, 11) is -4.33. The molecule has 0 radical (unpaired) electrons. The molecule has 11 heteroatoms. The largest absolute Gasteiger partial charge is 0.352 e. The van der Waals surface area contributed by atoms with E-state index in [-0.39, 0.29) is 51.1 Å². The first kappa shape index (κ1) is 33.4. The van der Waals surface area contributed by atoms with E-state index in [2.05, 4.69) is 5.32 Å². The van der Waals surface area contributed by atoms with E-state index in [1.165, 1.54) is 47.4 Å². The van der Waals surface area contributed by atoms with Crippen LogP contribution in [0.3, 0.4) is 0 Å². The van der Waals surface area contributed by atoms with Crippen LogP contribution in [0.15, 0.2) is 108 Å². The Labute approximate surface area is 279 Å². The molecule has 4 aromatic carbocycles. The Balaban J connectivity index is 1.59. The second-order valence-electron chi connectivity index (χ2n) is 11.3. The fourth-order valence-electron chi connectivity index (χ4n) is 5.66. The average Bonchev–Trinajstić information content (AvgIpc) is 3.55. The van der Waals surface area contributed by atoms with Crippen LogP contribution >= 0.6 is 23.2 Å². The average molecular weight is 683 g/mol. The minimum atomic E-state index is -4.33. The number of nitrogens with one attached hydrogen (secondary N) is 1. The van der Waals surface area contributed by atoms with Crippen molar-refractivity contribution in [3.05, 3.63) is 130 Å². The Kier molecular flexibility index (Phi) is 11.0. The minimum absolute atomic E-state index is 0.0419. The third kappa shape index (κ3) is 8.26. The molecule has 0 heterocycles. The van der Waals surface area contributed by atoms with Gasteiger partial charge in [0.2, 0.25) is 11.8 Å². The van der Waals surface area contributed by atoms with E-state index < -0.39 is 34.3 Å². The second kappa shape index (κ2) is 15.1. The summed E-state index contributed by atoms with van der Waals surface area (Å²) in [5.41, 5.74) is 1.04. The maximum absolute atomic E-state index is 15.1. The Morgan fingerprint density at radius 2 is 1.43 bits per heavy atom. The van der Waals surface area contributed by atoms with E-state index in [1.807, 2.05) is 30.3 Å². The van der Waals surface area contributed by atoms with Crippen LogP contribution in [0.25, 0.3) is 0 Å². The smallest absolute Gasteiger partial charge is 0.264 e. The van der Waals surface area contributed by atoms with Crippen LogP contribution in [0.1, 0.15) is 36.8 Å². The lowest BCUT2D eigenvalue weighted by Gasteiger charge is -2.34. The summed E-state index contributed by atoms with van der Waals surface area (Å²) in [5, 5.41) is 3.44. The first-order valence-corrected chi connectivity index (χ1v) is 17.2. The third-order valence-corrected chi connectivity index (χ3v) is 10.2. The summed E-state index contributed by atoms with van der Waals surface area (Å²) in [6.45, 7) is -0.971. The van der Waals surface area contributed by atoms with Gasteiger partial charge < -0.3 is 10.2 Å². The first-order valence-electron chi connectivity index (χ1n) is 15.0. The first-order chi connectivity index (χ1) is 22.1. The van der Waals surface area contributed by atoms with E-state index >= 15 is 4.39 Å². The highest BCUT2D eigenvalue weighted by atomic mass is 35.5. The molecule has 2 amide bonds. The lowest BCUT2D eigenvalue weighted by atomic mass is 10.0. The molecule has 240 valence electrons. The highest BCUT2D eigenvalue weighted by molar-refractivity contribution is 7.92. The molecule has 0 bridgehead atoms. The van der Waals surface area contributed by atoms with Crippen molar-refractivity contribution in [1.82, 2.24) is 10.2 Å². The number of rotatable bonds is 12. The van der Waals surface area contributed by atoms with Gasteiger partial charge in [-0.1, -0.05) is 103 Å². The molecule has 4 aromatic rings. The molecule has 1 saturated carbocycles. The molecule has 0 aliphatic heterocycles. The number of nitrogens with zero attached hydrogens (tertiary/aromatic N) is 2. The van der Waals surface area contributed by atoms with Crippen LogP contribution in [-0.2, 0) is 32.6 Å². The fourth-order valence-corrected chi connectivity index (χ4v) is 7.60. The van der Waals surface area contributed by atoms with Crippen LogP contribution in [0.2, 0.25) is 10.0 Å². The third-order valence-electron chi connectivity index (χ3n) is 8.02. The number of hydrogen-bond donors (Lipinski definition) is 1. The maximum Gasteiger partial charge on any atom is 0.264 e. The van der Waals surface area contributed by atoms with E-state index in [0.717, 1.165) is 35.6 Å². The van der Waals surface area contributed by atoms with Gasteiger partial charge >= 0.3 is 0 Å². The highest BCUT2D eigenvalue weighted by Gasteiger charge is 2.36. The quantitative estimate of drug-likeness (QED) is 0.174. The molecule has 1 fully saturated rings. The van der Waals surface area contributed by atoms with Gasteiger partial charge in [-0.05, 0) is 54.8 Å². The number of anilines is 1. The van der Waals surface area contributed by atoms with Gasteiger partial charge in [-0.2, -0.15) is 0 Å². The van der Waals surface area contributed by atoms with Crippen molar-refractivity contribution in [3.8, 4) is 0 Å². The van der Waals surface area contributed by atoms with Crippen LogP contribution in [-0.4, -0.2) is 43.8 Å². The van der Waals surface area contributed by atoms with E-state index in [9.17, 15) is 18.0 Å². The summed E-state index contributed by atoms with van der Waals surface area (Å²) >= 11 is 12.6. The fraction of sp³-hybridized carbons (Fsp3) is 0.257. The van der Waals surface area contributed by atoms with Gasteiger partial charge in [0.25, 0.3) is 10.0 Å². The zero-order valence-electron chi connectivity index (χ0n) is 25.0. The predicted octanol–water partition coefficient (Wildman–Crippen LogP) is 7.03. The van der Waals surface area contributed by atoms with Gasteiger partial charge in [0.05, 0.1) is 10.6 Å². The van der Waals surface area contributed by atoms with Crippen LogP contribution < -0.4 is 9.62 Å². The monoisotopic (exact) mass is 681 g/mol. The standard InChI is InChI=1S/C35H34Cl2FN3O4S/c36-27-20-28(37)22-30(21-27)41(46(44,45)31-16-5-2-6-17-31)24-34(42)40(23-26-13-7-10-18-32(26)38)33(19-25-11-3-1-4-12-25)35(43)39-29-14-8-9-15-29/h1-7,10-13,16-18,20-22,29,33H,8-9,14-15,19,23-24H2,(H,39,43). The van der Waals surface area contributed by atoms with Gasteiger partial charge in [-0.15, -0.1) is 0 Å². The van der Waals surface area contributed by atoms with Crippen molar-refractivity contribution in [1.29, 1.82) is 0 Å². The molecule has 1 atom stereocenters. The number of benzene rings is 4. The van der Waals surface area contributed by atoms with E-state index in [0.29, 0.717) is 0 Å². The van der Waals surface area contributed by atoms with Gasteiger partial charge in [0.15, 0.2) is 0 Å². The number of sulfonamides is 1. The van der Waals surface area contributed by atoms with Crippen molar-refractivity contribution in [3.63, 3.8) is 0 Å². The number of halogens is 3. The maximum atomic E-state index is 15.1. The molecule has 7 nitrogen and oxygen atoms in total. The molecule has 46 heavy (non-hydrogen) atoms. The Bertz CT molecular complexity index is 1750. The van der Waals surface area contributed by atoms with Gasteiger partial charge in [0, 0.05) is 34.6 Å². The Morgan fingerprint density at radius 3 is 2.07 bits per heavy atom. The molecule has 5 rings (SSSR count). The number of amides is 2. The molecule has 1 unspecified atom stereocenters. The molecule has 1 N–H and O–H groups in total. The Morgan fingerprint density at radius 1 is 0.848 bits per heavy atom. The van der Waals surface area contributed by atoms with Crippen molar-refractivity contribution in [2.75, 3.05) is 10.8 Å². The van der Waals surface area contributed by atoms with Gasteiger partial charge in [-0.25, -0.2) is 12.8 Å². The van der Waals surface area contributed by atoms with Gasteiger partial charge in [0.1, 0.15) is 18.4 Å². The zero-order valence-corrected chi connectivity index (χ0v) is 27.3. The topological polar surface area (TPSA) is 86.8 Å². The van der Waals surface area contributed by atoms with Crippen molar-refractivity contribution < 1.29 is 22.4 Å². The normalized spacial score (nSPS) is 14.1. The molecule has 1 aliphatic rings. The molecule has 0 spiro atoms. The summed E-state index contributed by atoms with van der Waals surface area (Å²) in [5.74, 6) is -1.64. The summed E-state index contributed by atoms with van der Waals surface area (Å²) in [4.78, 5) is 29.8. The molecular formula is C35H34Cl2FN3O4S. The minimum Gasteiger partial charge on any atom is -0.352 e. The number of carbonyl (C=O) groups excluding carboxylic acids is 2. The van der Waals surface area contributed by atoms with Crippen molar-refractivity contribution in [2.45, 2.75) is 55.6 Å². The van der Waals surface area contributed by atoms with Gasteiger partial charge in [-0.3, -0.25) is 13.9 Å². The number of hydrogen-bond acceptors (Lipinski definition) is 4. The molecule has 0 aromatic heterocycles. The van der Waals surface area contributed by atoms with Crippen molar-refractivity contribution >= 4 is 50.7 Å². The highest BCUT2D eigenvalue weighted by Crippen LogP contribution is 2.30. The van der Waals surface area contributed by atoms with Crippen LogP contribution in [0.4, 0.5) is 10.1 Å². The van der Waals surface area contributed by atoms with E-state index in [4.69, 9.17) is 23.2 Å². The summed E-state index contributed by atoms with van der Waals surface area (Å²) < 4.78 is 44.2. The summed E-state index contributed by atoms with van der Waals surface area (Å²) in [6, 6.07) is 26.0. The van der Waals surface area contributed by atoms with Crippen LogP contribution in [0, 0.1) is 5.82 Å². The number of carbonyl (C=O) groups is 2. The molecular weight excluding hydrogens is 648 g/mol. The second-order valence-corrected chi connectivity index (χ2v) is 14.0. The SMILES string of the molecule is O=C(NC1CCCC1)C(Cc1ccccc1)N(Cc1ccccc1F)C(=O)CN(c1cc(Cl)cc(Cl)c1)S(=O)(=O)c1ccccc1. The van der Waals surface area contributed by atoms with Crippen LogP contribution in [0.5, 0.6) is 0 Å². The lowest BCUT2D eigenvalue weighted by molar-refractivity contribution is -0.140. The predicted molar refractivity (Wildman–Crippen MR) is 179 cm³/mol. The lowest BCUT2D eigenvalue weighted by Crippen LogP contribution is -2.54. The Hall–Kier alpha value is -3.92. The van der Waals surface area contributed by atoms with Crippen molar-refractivity contribution in [2.24, 2.45) is 0 Å². The zero-order chi connectivity index (χ0) is 32.7. The molecule has 0 saturated heterocycles. The summed E-state index contributed by atoms with van der Waals surface area (Å²) in [6.07, 6.45) is 3.75. The van der Waals surface area contributed by atoms with E-state index in [1.54, 1.807) is 30.3 Å². The molecule has 1 aliphatic carbocycles.